The molecule has 2 heteroatoms. The van der Waals surface area contributed by atoms with Gasteiger partial charge in [-0.05, 0) is 35.4 Å². The van der Waals surface area contributed by atoms with Gasteiger partial charge in [0.25, 0.3) is 0 Å². The molecule has 0 aliphatic heterocycles. The Hall–Kier alpha value is -3.78. The Kier molecular flexibility index (Phi) is 6.04. The summed E-state index contributed by atoms with van der Waals surface area (Å²) in [6, 6.07) is 38.7. The van der Waals surface area contributed by atoms with Crippen LogP contribution in [-0.2, 0) is 0 Å². The summed E-state index contributed by atoms with van der Waals surface area (Å²) in [5.41, 5.74) is 3.31. The second kappa shape index (κ2) is 9.43. The fourth-order valence-corrected chi connectivity index (χ4v) is 3.13. The minimum absolute atomic E-state index is 0.0110. The predicted molar refractivity (Wildman–Crippen MR) is 121 cm³/mol. The molecule has 29 heavy (non-hydrogen) atoms. The summed E-state index contributed by atoms with van der Waals surface area (Å²) in [4.78, 5) is 0. The average Bonchev–Trinajstić information content (AvgIpc) is 2.80. The Bertz CT molecular complexity index is 1040. The molecule has 2 nitrogen and oxygen atoms in total. The van der Waals surface area contributed by atoms with Gasteiger partial charge in [0.2, 0.25) is 0 Å². The number of anilines is 1. The van der Waals surface area contributed by atoms with Crippen LogP contribution in [0, 0.1) is 0 Å². The monoisotopic (exact) mass is 377 g/mol. The first-order chi connectivity index (χ1) is 14.4. The summed E-state index contributed by atoms with van der Waals surface area (Å²) in [6.07, 6.45) is 4.33. The third-order valence-corrected chi connectivity index (χ3v) is 4.61. The number of rotatable bonds is 7. The highest BCUT2D eigenvalue weighted by molar-refractivity contribution is 5.61. The van der Waals surface area contributed by atoms with Gasteiger partial charge in [-0.15, -0.1) is 0 Å². The first kappa shape index (κ1) is 18.6. The molecule has 0 bridgehead atoms. The van der Waals surface area contributed by atoms with Crippen LogP contribution in [-0.4, -0.2) is 0 Å². The van der Waals surface area contributed by atoms with Crippen LogP contribution in [0.3, 0.4) is 0 Å². The van der Waals surface area contributed by atoms with Crippen molar-refractivity contribution in [1.82, 2.24) is 0 Å². The molecule has 0 aromatic heterocycles. The summed E-state index contributed by atoms with van der Waals surface area (Å²) in [7, 11) is 0. The molecule has 4 aromatic rings. The topological polar surface area (TPSA) is 21.3 Å². The molecular formula is C27H23NO. The second-order valence-electron chi connectivity index (χ2n) is 6.71. The van der Waals surface area contributed by atoms with Crippen molar-refractivity contribution in [3.63, 3.8) is 0 Å². The first-order valence-corrected chi connectivity index (χ1v) is 9.75. The minimum atomic E-state index is 0.0110. The fraction of sp³-hybridized carbons (Fsp3) is 0.0370. The Morgan fingerprint density at radius 1 is 0.621 bits per heavy atom. The average molecular weight is 377 g/mol. The lowest BCUT2D eigenvalue weighted by Gasteiger charge is -2.20. The van der Waals surface area contributed by atoms with E-state index in [2.05, 4.69) is 53.9 Å². The van der Waals surface area contributed by atoms with Gasteiger partial charge in [0.1, 0.15) is 5.75 Å². The third kappa shape index (κ3) is 5.14. The highest BCUT2D eigenvalue weighted by atomic mass is 16.5. The lowest BCUT2D eigenvalue weighted by Crippen LogP contribution is -2.09. The molecule has 0 heterocycles. The maximum atomic E-state index is 6.12. The molecule has 142 valence electrons. The summed E-state index contributed by atoms with van der Waals surface area (Å²) in [5.74, 6) is 1.62. The van der Waals surface area contributed by atoms with Crippen LogP contribution >= 0.6 is 0 Å². The molecular weight excluding hydrogens is 354 g/mol. The van der Waals surface area contributed by atoms with Crippen molar-refractivity contribution >= 4 is 11.8 Å². The van der Waals surface area contributed by atoms with Crippen molar-refractivity contribution in [2.75, 3.05) is 5.32 Å². The zero-order valence-electron chi connectivity index (χ0n) is 16.1. The lowest BCUT2D eigenvalue weighted by atomic mass is 10.0. The molecule has 1 N–H and O–H groups in total. The minimum Gasteiger partial charge on any atom is -0.455 e. The van der Waals surface area contributed by atoms with E-state index in [1.807, 2.05) is 78.9 Å². The highest BCUT2D eigenvalue weighted by Crippen LogP contribution is 2.32. The molecule has 4 rings (SSSR count). The molecule has 0 spiro atoms. The Balaban J connectivity index is 1.62. The van der Waals surface area contributed by atoms with Gasteiger partial charge >= 0.3 is 0 Å². The van der Waals surface area contributed by atoms with Crippen molar-refractivity contribution in [1.29, 1.82) is 0 Å². The Morgan fingerprint density at radius 2 is 1.21 bits per heavy atom. The van der Waals surface area contributed by atoms with Crippen LogP contribution in [0.1, 0.15) is 17.2 Å². The molecule has 0 fully saturated rings. The van der Waals surface area contributed by atoms with Crippen LogP contribution in [0.5, 0.6) is 11.5 Å². The van der Waals surface area contributed by atoms with Gasteiger partial charge < -0.3 is 10.1 Å². The summed E-state index contributed by atoms with van der Waals surface area (Å²) < 4.78 is 6.12. The number of benzene rings is 4. The molecule has 0 saturated heterocycles. The van der Waals surface area contributed by atoms with E-state index in [1.165, 1.54) is 11.1 Å². The highest BCUT2D eigenvalue weighted by Gasteiger charge is 2.11. The van der Waals surface area contributed by atoms with E-state index in [0.29, 0.717) is 0 Å². The first-order valence-electron chi connectivity index (χ1n) is 9.75. The molecule has 0 saturated carbocycles. The van der Waals surface area contributed by atoms with Gasteiger partial charge in [0, 0.05) is 0 Å². The van der Waals surface area contributed by atoms with Crippen molar-refractivity contribution in [2.45, 2.75) is 6.04 Å². The van der Waals surface area contributed by atoms with Crippen LogP contribution in [0.2, 0.25) is 0 Å². The maximum Gasteiger partial charge on any atom is 0.150 e. The molecule has 1 unspecified atom stereocenters. The Morgan fingerprint density at radius 3 is 1.93 bits per heavy atom. The maximum absolute atomic E-state index is 6.12. The van der Waals surface area contributed by atoms with Gasteiger partial charge in [-0.1, -0.05) is 103 Å². The summed E-state index contributed by atoms with van der Waals surface area (Å²) >= 11 is 0. The normalized spacial score (nSPS) is 11.9. The standard InChI is InChI=1S/C27H23NO/c1-4-12-22(13-5-1)20-21-25(23-14-6-2-7-15-23)28-26-18-10-11-19-27(26)29-24-16-8-3-9-17-24/h1-21,25,28H/b21-20+. The SMILES string of the molecule is C(=C\C(Nc1ccccc1Oc1ccccc1)c1ccccc1)/c1ccccc1. The molecule has 4 aromatic carbocycles. The zero-order valence-corrected chi connectivity index (χ0v) is 16.1. The number of para-hydroxylation sites is 3. The Labute approximate surface area is 172 Å². The van der Waals surface area contributed by atoms with Crippen LogP contribution in [0.25, 0.3) is 6.08 Å². The van der Waals surface area contributed by atoms with Gasteiger partial charge in [0.05, 0.1) is 11.7 Å². The van der Waals surface area contributed by atoms with Gasteiger partial charge in [0.15, 0.2) is 5.75 Å². The molecule has 1 atom stereocenters. The molecule has 0 aliphatic carbocycles. The number of nitrogens with one attached hydrogen (secondary N) is 1. The van der Waals surface area contributed by atoms with Crippen LogP contribution in [0.15, 0.2) is 121 Å². The van der Waals surface area contributed by atoms with Crippen molar-refractivity contribution in [3.05, 3.63) is 132 Å². The number of ether oxygens (including phenoxy) is 1. The van der Waals surface area contributed by atoms with Gasteiger partial charge in [-0.2, -0.15) is 0 Å². The van der Waals surface area contributed by atoms with Crippen molar-refractivity contribution in [2.24, 2.45) is 0 Å². The third-order valence-electron chi connectivity index (χ3n) is 4.61. The molecule has 0 aliphatic rings. The van der Waals surface area contributed by atoms with Crippen LogP contribution in [0.4, 0.5) is 5.69 Å². The smallest absolute Gasteiger partial charge is 0.150 e. The van der Waals surface area contributed by atoms with Crippen LogP contribution < -0.4 is 10.1 Å². The second-order valence-corrected chi connectivity index (χ2v) is 6.71. The van der Waals surface area contributed by atoms with Crippen molar-refractivity contribution in [3.8, 4) is 11.5 Å². The largest absolute Gasteiger partial charge is 0.455 e. The van der Waals surface area contributed by atoms with E-state index in [9.17, 15) is 0 Å². The predicted octanol–water partition coefficient (Wildman–Crippen LogP) is 7.35. The summed E-state index contributed by atoms with van der Waals surface area (Å²) in [6.45, 7) is 0. The van der Waals surface area contributed by atoms with Crippen molar-refractivity contribution < 1.29 is 4.74 Å². The van der Waals surface area contributed by atoms with E-state index in [1.54, 1.807) is 0 Å². The number of hydrogen-bond donors (Lipinski definition) is 1. The van der Waals surface area contributed by atoms with E-state index in [0.717, 1.165) is 17.2 Å². The number of hydrogen-bond acceptors (Lipinski definition) is 2. The van der Waals surface area contributed by atoms with Gasteiger partial charge in [-0.25, -0.2) is 0 Å². The van der Waals surface area contributed by atoms with Gasteiger partial charge in [-0.3, -0.25) is 0 Å². The molecule has 0 radical (unpaired) electrons. The summed E-state index contributed by atoms with van der Waals surface area (Å²) in [5, 5.41) is 3.64. The van der Waals surface area contributed by atoms with E-state index in [4.69, 9.17) is 4.74 Å². The zero-order chi connectivity index (χ0) is 19.7. The molecule has 0 amide bonds. The fourth-order valence-electron chi connectivity index (χ4n) is 3.13. The lowest BCUT2D eigenvalue weighted by molar-refractivity contribution is 0.484. The quantitative estimate of drug-likeness (QED) is 0.364. The van der Waals surface area contributed by atoms with E-state index in [-0.39, 0.29) is 6.04 Å². The van der Waals surface area contributed by atoms with E-state index < -0.39 is 0 Å². The van der Waals surface area contributed by atoms with E-state index >= 15 is 0 Å².